The summed E-state index contributed by atoms with van der Waals surface area (Å²) in [6.45, 7) is 1.70. The maximum Gasteiger partial charge on any atom is 0.303 e. The molecule has 0 bridgehead atoms. The van der Waals surface area contributed by atoms with Crippen LogP contribution in [-0.4, -0.2) is 11.1 Å². The van der Waals surface area contributed by atoms with Crippen LogP contribution in [0.25, 0.3) is 0 Å². The summed E-state index contributed by atoms with van der Waals surface area (Å²) in [4.78, 5) is 10.4. The van der Waals surface area contributed by atoms with Crippen LogP contribution in [0.4, 0.5) is 4.39 Å². The van der Waals surface area contributed by atoms with E-state index in [1.54, 1.807) is 13.0 Å². The first kappa shape index (κ1) is 11.0. The fourth-order valence-electron chi connectivity index (χ4n) is 1.27. The standard InChI is InChI=1S/C10H10ClFO2/c1-6(5-9(13)14)7-3-2-4-8(12)10(7)11/h2-4,6H,5H2,1H3,(H,13,14). The number of aliphatic carboxylic acids is 1. The lowest BCUT2D eigenvalue weighted by molar-refractivity contribution is -0.137. The van der Waals surface area contributed by atoms with E-state index in [0.717, 1.165) is 0 Å². The molecule has 0 aliphatic rings. The number of hydrogen-bond acceptors (Lipinski definition) is 1. The van der Waals surface area contributed by atoms with Crippen molar-refractivity contribution in [2.45, 2.75) is 19.3 Å². The Hall–Kier alpha value is -1.09. The van der Waals surface area contributed by atoms with Crippen LogP contribution < -0.4 is 0 Å². The summed E-state index contributed by atoms with van der Waals surface area (Å²) in [7, 11) is 0. The van der Waals surface area contributed by atoms with Gasteiger partial charge in [0, 0.05) is 0 Å². The van der Waals surface area contributed by atoms with Gasteiger partial charge in [0.25, 0.3) is 0 Å². The molecule has 2 nitrogen and oxygen atoms in total. The van der Waals surface area contributed by atoms with Crippen molar-refractivity contribution in [1.82, 2.24) is 0 Å². The fraction of sp³-hybridized carbons (Fsp3) is 0.300. The number of carboxylic acid groups (broad SMARTS) is 1. The van der Waals surface area contributed by atoms with E-state index in [1.807, 2.05) is 0 Å². The van der Waals surface area contributed by atoms with Crippen molar-refractivity contribution in [3.63, 3.8) is 0 Å². The fourth-order valence-corrected chi connectivity index (χ4v) is 1.59. The molecule has 0 saturated heterocycles. The summed E-state index contributed by atoms with van der Waals surface area (Å²) >= 11 is 5.70. The molecule has 0 fully saturated rings. The van der Waals surface area contributed by atoms with E-state index >= 15 is 0 Å². The van der Waals surface area contributed by atoms with Crippen molar-refractivity contribution in [3.05, 3.63) is 34.6 Å². The lowest BCUT2D eigenvalue weighted by Crippen LogP contribution is -2.03. The SMILES string of the molecule is CC(CC(=O)O)c1cccc(F)c1Cl. The van der Waals surface area contributed by atoms with E-state index in [0.29, 0.717) is 5.56 Å². The van der Waals surface area contributed by atoms with Gasteiger partial charge in [0.15, 0.2) is 0 Å². The van der Waals surface area contributed by atoms with Gasteiger partial charge in [-0.15, -0.1) is 0 Å². The third kappa shape index (κ3) is 2.45. The summed E-state index contributed by atoms with van der Waals surface area (Å²) < 4.78 is 13.0. The predicted octanol–water partition coefficient (Wildman–Crippen LogP) is 3.06. The zero-order valence-corrected chi connectivity index (χ0v) is 8.38. The number of rotatable bonds is 3. The Kier molecular flexibility index (Phi) is 3.47. The van der Waals surface area contributed by atoms with Crippen molar-refractivity contribution in [3.8, 4) is 0 Å². The van der Waals surface area contributed by atoms with Gasteiger partial charge in [-0.3, -0.25) is 4.79 Å². The molecule has 0 amide bonds. The van der Waals surface area contributed by atoms with E-state index in [9.17, 15) is 9.18 Å². The maximum absolute atomic E-state index is 13.0. The van der Waals surface area contributed by atoms with Crippen LogP contribution in [0, 0.1) is 5.82 Å². The maximum atomic E-state index is 13.0. The monoisotopic (exact) mass is 216 g/mol. The third-order valence-corrected chi connectivity index (χ3v) is 2.39. The van der Waals surface area contributed by atoms with E-state index in [4.69, 9.17) is 16.7 Å². The number of carboxylic acids is 1. The molecule has 0 aliphatic carbocycles. The lowest BCUT2D eigenvalue weighted by atomic mass is 9.98. The lowest BCUT2D eigenvalue weighted by Gasteiger charge is -2.11. The van der Waals surface area contributed by atoms with E-state index in [1.165, 1.54) is 12.1 Å². The topological polar surface area (TPSA) is 37.3 Å². The Morgan fingerprint density at radius 1 is 1.64 bits per heavy atom. The zero-order chi connectivity index (χ0) is 10.7. The first-order valence-electron chi connectivity index (χ1n) is 4.18. The van der Waals surface area contributed by atoms with E-state index in [-0.39, 0.29) is 17.4 Å². The Balaban J connectivity index is 2.95. The van der Waals surface area contributed by atoms with Crippen LogP contribution in [0.1, 0.15) is 24.8 Å². The van der Waals surface area contributed by atoms with Gasteiger partial charge in [-0.25, -0.2) is 4.39 Å². The van der Waals surface area contributed by atoms with Gasteiger partial charge in [0.1, 0.15) is 5.82 Å². The summed E-state index contributed by atoms with van der Waals surface area (Å²) in [5, 5.41) is 8.58. The van der Waals surface area contributed by atoms with Crippen LogP contribution in [-0.2, 0) is 4.79 Å². The molecule has 1 aromatic carbocycles. The van der Waals surface area contributed by atoms with Gasteiger partial charge in [-0.2, -0.15) is 0 Å². The Labute approximate surface area is 86.3 Å². The highest BCUT2D eigenvalue weighted by molar-refractivity contribution is 6.31. The minimum atomic E-state index is -0.919. The quantitative estimate of drug-likeness (QED) is 0.843. The van der Waals surface area contributed by atoms with Crippen molar-refractivity contribution in [1.29, 1.82) is 0 Å². The highest BCUT2D eigenvalue weighted by Gasteiger charge is 2.15. The van der Waals surface area contributed by atoms with Crippen molar-refractivity contribution in [2.75, 3.05) is 0 Å². The van der Waals surface area contributed by atoms with Gasteiger partial charge < -0.3 is 5.11 Å². The minimum absolute atomic E-state index is 0.0150. The second-order valence-electron chi connectivity index (χ2n) is 3.14. The first-order valence-corrected chi connectivity index (χ1v) is 4.56. The number of benzene rings is 1. The van der Waals surface area contributed by atoms with Crippen molar-refractivity contribution < 1.29 is 14.3 Å². The summed E-state index contributed by atoms with van der Waals surface area (Å²) in [5.74, 6) is -1.71. The molecule has 1 N–H and O–H groups in total. The Morgan fingerprint density at radius 3 is 2.86 bits per heavy atom. The van der Waals surface area contributed by atoms with Crippen LogP contribution in [0.5, 0.6) is 0 Å². The largest absolute Gasteiger partial charge is 0.481 e. The number of carbonyl (C=O) groups is 1. The summed E-state index contributed by atoms with van der Waals surface area (Å²) in [5.41, 5.74) is 0.536. The van der Waals surface area contributed by atoms with Crippen LogP contribution in [0.3, 0.4) is 0 Å². The van der Waals surface area contributed by atoms with Gasteiger partial charge >= 0.3 is 5.97 Å². The Bertz CT molecular complexity index is 352. The highest BCUT2D eigenvalue weighted by Crippen LogP contribution is 2.28. The molecular weight excluding hydrogens is 207 g/mol. The molecule has 0 spiro atoms. The van der Waals surface area contributed by atoms with Crippen molar-refractivity contribution >= 4 is 17.6 Å². The molecule has 0 aliphatic heterocycles. The van der Waals surface area contributed by atoms with Crippen LogP contribution >= 0.6 is 11.6 Å². The molecule has 76 valence electrons. The summed E-state index contributed by atoms with van der Waals surface area (Å²) in [6, 6.07) is 4.41. The second-order valence-corrected chi connectivity index (χ2v) is 3.52. The number of hydrogen-bond donors (Lipinski definition) is 1. The van der Waals surface area contributed by atoms with Crippen molar-refractivity contribution in [2.24, 2.45) is 0 Å². The molecule has 14 heavy (non-hydrogen) atoms. The first-order chi connectivity index (χ1) is 6.52. The summed E-state index contributed by atoms with van der Waals surface area (Å²) in [6.07, 6.45) is -0.0524. The van der Waals surface area contributed by atoms with E-state index in [2.05, 4.69) is 0 Å². The molecule has 0 heterocycles. The Morgan fingerprint density at radius 2 is 2.29 bits per heavy atom. The molecular formula is C10H10ClFO2. The second kappa shape index (κ2) is 4.42. The normalized spacial score (nSPS) is 12.5. The van der Waals surface area contributed by atoms with Gasteiger partial charge in [-0.1, -0.05) is 30.7 Å². The van der Waals surface area contributed by atoms with Gasteiger partial charge in [0.05, 0.1) is 11.4 Å². The highest BCUT2D eigenvalue weighted by atomic mass is 35.5. The average molecular weight is 217 g/mol. The smallest absolute Gasteiger partial charge is 0.303 e. The molecule has 1 aromatic rings. The zero-order valence-electron chi connectivity index (χ0n) is 7.63. The van der Waals surface area contributed by atoms with E-state index < -0.39 is 11.8 Å². The van der Waals surface area contributed by atoms with Crippen LogP contribution in [0.15, 0.2) is 18.2 Å². The molecule has 0 aromatic heterocycles. The predicted molar refractivity (Wildman–Crippen MR) is 52.1 cm³/mol. The minimum Gasteiger partial charge on any atom is -0.481 e. The average Bonchev–Trinajstić information content (AvgIpc) is 2.08. The van der Waals surface area contributed by atoms with Gasteiger partial charge in [-0.05, 0) is 17.5 Å². The van der Waals surface area contributed by atoms with Crippen LogP contribution in [0.2, 0.25) is 5.02 Å². The van der Waals surface area contributed by atoms with Gasteiger partial charge in [0.2, 0.25) is 0 Å². The number of halogens is 2. The molecule has 4 heteroatoms. The molecule has 1 rings (SSSR count). The molecule has 0 saturated carbocycles. The molecule has 1 unspecified atom stereocenters. The third-order valence-electron chi connectivity index (χ3n) is 1.99. The molecule has 0 radical (unpaired) electrons. The molecule has 1 atom stereocenters.